The maximum Gasteiger partial charge on any atom is 0.203 e. The number of rotatable bonds is 8. The van der Waals surface area contributed by atoms with E-state index in [4.69, 9.17) is 18.9 Å². The fourth-order valence-electron chi connectivity index (χ4n) is 2.48. The summed E-state index contributed by atoms with van der Waals surface area (Å²) in [5.74, 6) is 2.23. The van der Waals surface area contributed by atoms with Crippen LogP contribution in [0.15, 0.2) is 43.0 Å². The van der Waals surface area contributed by atoms with E-state index in [0.717, 1.165) is 16.7 Å². The summed E-state index contributed by atoms with van der Waals surface area (Å²) in [6.45, 7) is 6.46. The Balaban J connectivity index is 2.27. The number of benzene rings is 2. The van der Waals surface area contributed by atoms with Crippen molar-refractivity contribution in [2.45, 2.75) is 6.92 Å². The van der Waals surface area contributed by atoms with Gasteiger partial charge in [0.2, 0.25) is 5.75 Å². The highest BCUT2D eigenvalue weighted by Crippen LogP contribution is 2.40. The lowest BCUT2D eigenvalue weighted by atomic mass is 10.0. The maximum absolute atomic E-state index is 9.97. The van der Waals surface area contributed by atoms with E-state index in [0.29, 0.717) is 29.6 Å². The highest BCUT2D eigenvalue weighted by atomic mass is 16.5. The standard InChI is InChI=1S/C21H24O5/c1-6-26-18-10-9-15(11-17(18)22)8-7-14(2)16-12-19(23-3)21(25-5)20(13-16)24-4/h7-13,22H,2,6H2,1,3-5H3/b8-7+. The average Bonchev–Trinajstić information content (AvgIpc) is 2.66. The van der Waals surface area contributed by atoms with Gasteiger partial charge in [0.15, 0.2) is 23.0 Å². The number of hydrogen-bond acceptors (Lipinski definition) is 5. The van der Waals surface area contributed by atoms with Crippen LogP contribution in [0, 0.1) is 0 Å². The van der Waals surface area contributed by atoms with Crippen LogP contribution in [-0.2, 0) is 0 Å². The molecule has 5 nitrogen and oxygen atoms in total. The minimum Gasteiger partial charge on any atom is -0.504 e. The highest BCUT2D eigenvalue weighted by Gasteiger charge is 2.13. The largest absolute Gasteiger partial charge is 0.504 e. The molecule has 1 N–H and O–H groups in total. The maximum atomic E-state index is 9.97. The molecule has 0 atom stereocenters. The van der Waals surface area contributed by atoms with Gasteiger partial charge in [-0.15, -0.1) is 0 Å². The van der Waals surface area contributed by atoms with Gasteiger partial charge in [-0.1, -0.05) is 24.8 Å². The number of hydrogen-bond donors (Lipinski definition) is 1. The summed E-state index contributed by atoms with van der Waals surface area (Å²) >= 11 is 0. The Morgan fingerprint density at radius 3 is 2.15 bits per heavy atom. The second-order valence-electron chi connectivity index (χ2n) is 5.43. The van der Waals surface area contributed by atoms with E-state index < -0.39 is 0 Å². The second-order valence-corrected chi connectivity index (χ2v) is 5.43. The molecule has 5 heteroatoms. The Kier molecular flexibility index (Phi) is 6.55. The van der Waals surface area contributed by atoms with Gasteiger partial charge >= 0.3 is 0 Å². The lowest BCUT2D eigenvalue weighted by molar-refractivity contribution is 0.318. The van der Waals surface area contributed by atoms with E-state index in [1.165, 1.54) is 0 Å². The van der Waals surface area contributed by atoms with Gasteiger partial charge in [-0.3, -0.25) is 0 Å². The third-order valence-electron chi connectivity index (χ3n) is 3.80. The zero-order chi connectivity index (χ0) is 19.1. The van der Waals surface area contributed by atoms with Gasteiger partial charge in [0.05, 0.1) is 27.9 Å². The van der Waals surface area contributed by atoms with Crippen molar-refractivity contribution in [3.05, 3.63) is 54.1 Å². The van der Waals surface area contributed by atoms with Crippen molar-refractivity contribution in [3.8, 4) is 28.7 Å². The minimum atomic E-state index is 0.104. The molecule has 0 amide bonds. The third kappa shape index (κ3) is 4.30. The lowest BCUT2D eigenvalue weighted by Gasteiger charge is -2.14. The molecule has 2 aromatic carbocycles. The molecule has 0 aliphatic heterocycles. The first-order valence-electron chi connectivity index (χ1n) is 8.17. The number of phenols is 1. The van der Waals surface area contributed by atoms with Gasteiger partial charge in [0.1, 0.15) is 0 Å². The first-order valence-corrected chi connectivity index (χ1v) is 8.17. The monoisotopic (exact) mass is 356 g/mol. The normalized spacial score (nSPS) is 10.6. The fraction of sp³-hybridized carbons (Fsp3) is 0.238. The molecule has 2 aromatic rings. The smallest absolute Gasteiger partial charge is 0.203 e. The third-order valence-corrected chi connectivity index (χ3v) is 3.80. The lowest BCUT2D eigenvalue weighted by Crippen LogP contribution is -1.96. The molecule has 2 rings (SSSR count). The average molecular weight is 356 g/mol. The van der Waals surface area contributed by atoms with Crippen molar-refractivity contribution >= 4 is 11.6 Å². The van der Waals surface area contributed by atoms with E-state index in [1.54, 1.807) is 33.5 Å². The van der Waals surface area contributed by atoms with Crippen LogP contribution >= 0.6 is 0 Å². The van der Waals surface area contributed by atoms with E-state index in [2.05, 4.69) is 6.58 Å². The topological polar surface area (TPSA) is 57.2 Å². The number of methoxy groups -OCH3 is 3. The molecule has 0 bridgehead atoms. The highest BCUT2D eigenvalue weighted by molar-refractivity contribution is 5.80. The summed E-state index contributed by atoms with van der Waals surface area (Å²) in [4.78, 5) is 0. The van der Waals surface area contributed by atoms with Gasteiger partial charge in [0, 0.05) is 0 Å². The van der Waals surface area contributed by atoms with Crippen molar-refractivity contribution in [3.63, 3.8) is 0 Å². The fourth-order valence-corrected chi connectivity index (χ4v) is 2.48. The van der Waals surface area contributed by atoms with Crippen LogP contribution in [0.5, 0.6) is 28.7 Å². The molecule has 0 aliphatic carbocycles. The second kappa shape index (κ2) is 8.85. The van der Waals surface area contributed by atoms with Crippen LogP contribution in [0.4, 0.5) is 0 Å². The van der Waals surface area contributed by atoms with E-state index in [-0.39, 0.29) is 5.75 Å². The molecule has 26 heavy (non-hydrogen) atoms. The first-order chi connectivity index (χ1) is 12.5. The molecule has 0 radical (unpaired) electrons. The summed E-state index contributed by atoms with van der Waals surface area (Å²) in [6, 6.07) is 8.92. The van der Waals surface area contributed by atoms with Crippen molar-refractivity contribution in [2.24, 2.45) is 0 Å². The number of phenolic OH excluding ortho intramolecular Hbond substituents is 1. The van der Waals surface area contributed by atoms with Crippen LogP contribution in [0.3, 0.4) is 0 Å². The summed E-state index contributed by atoms with van der Waals surface area (Å²) in [7, 11) is 4.71. The Hall–Kier alpha value is -3.08. The predicted octanol–water partition coefficient (Wildman–Crippen LogP) is 4.54. The molecular weight excluding hydrogens is 332 g/mol. The molecule has 0 fully saturated rings. The van der Waals surface area contributed by atoms with E-state index >= 15 is 0 Å². The number of aromatic hydroxyl groups is 1. The van der Waals surface area contributed by atoms with Crippen LogP contribution in [0.1, 0.15) is 18.1 Å². The number of ether oxygens (including phenoxy) is 4. The molecule has 0 saturated heterocycles. The van der Waals surface area contributed by atoms with Crippen molar-refractivity contribution in [1.82, 2.24) is 0 Å². The molecule has 0 heterocycles. The summed E-state index contributed by atoms with van der Waals surface area (Å²) in [5, 5.41) is 9.97. The van der Waals surface area contributed by atoms with Crippen molar-refractivity contribution < 1.29 is 24.1 Å². The van der Waals surface area contributed by atoms with Gasteiger partial charge < -0.3 is 24.1 Å². The summed E-state index contributed by atoms with van der Waals surface area (Å²) in [5.41, 5.74) is 2.43. The Labute approximate surface area is 154 Å². The Morgan fingerprint density at radius 2 is 1.65 bits per heavy atom. The van der Waals surface area contributed by atoms with Gasteiger partial charge in [0.25, 0.3) is 0 Å². The first kappa shape index (κ1) is 19.2. The summed E-state index contributed by atoms with van der Waals surface area (Å²) < 4.78 is 21.4. The quantitative estimate of drug-likeness (QED) is 0.704. The molecule has 0 unspecified atom stereocenters. The molecule has 0 saturated carbocycles. The van der Waals surface area contributed by atoms with Crippen LogP contribution < -0.4 is 18.9 Å². The Morgan fingerprint density at radius 1 is 1.00 bits per heavy atom. The van der Waals surface area contributed by atoms with E-state index in [1.807, 2.05) is 37.3 Å². The molecular formula is C21H24O5. The van der Waals surface area contributed by atoms with Crippen LogP contribution in [-0.4, -0.2) is 33.0 Å². The van der Waals surface area contributed by atoms with Gasteiger partial charge in [-0.25, -0.2) is 0 Å². The van der Waals surface area contributed by atoms with Gasteiger partial charge in [-0.05, 0) is 47.9 Å². The van der Waals surface area contributed by atoms with Crippen molar-refractivity contribution in [2.75, 3.05) is 27.9 Å². The van der Waals surface area contributed by atoms with Crippen molar-refractivity contribution in [1.29, 1.82) is 0 Å². The minimum absolute atomic E-state index is 0.104. The zero-order valence-corrected chi connectivity index (χ0v) is 15.5. The number of allylic oxidation sites excluding steroid dienone is 2. The summed E-state index contributed by atoms with van der Waals surface area (Å²) in [6.07, 6.45) is 3.72. The predicted molar refractivity (Wildman–Crippen MR) is 103 cm³/mol. The molecule has 0 aromatic heterocycles. The van der Waals surface area contributed by atoms with E-state index in [9.17, 15) is 5.11 Å². The van der Waals surface area contributed by atoms with Crippen LogP contribution in [0.25, 0.3) is 11.6 Å². The molecule has 138 valence electrons. The van der Waals surface area contributed by atoms with Gasteiger partial charge in [-0.2, -0.15) is 0 Å². The zero-order valence-electron chi connectivity index (χ0n) is 15.5. The SMILES string of the molecule is C=C(/C=C/c1ccc(OCC)c(O)c1)c1cc(OC)c(OC)c(OC)c1. The Bertz CT molecular complexity index is 783. The molecule has 0 spiro atoms. The van der Waals surface area contributed by atoms with Crippen LogP contribution in [0.2, 0.25) is 0 Å². The molecule has 0 aliphatic rings.